The minimum absolute atomic E-state index is 0.0246. The minimum atomic E-state index is -6.10. The highest BCUT2D eigenvalue weighted by Gasteiger charge is 2.70. The smallest absolute Gasteiger partial charge is 0.428 e. The van der Waals surface area contributed by atoms with Gasteiger partial charge in [-0.25, -0.2) is 14.5 Å². The number of aromatic nitrogens is 6. The Balaban J connectivity index is 1.82. The normalized spacial score (nSPS) is 12.7. The van der Waals surface area contributed by atoms with Crippen molar-refractivity contribution in [1.29, 1.82) is 0 Å². The number of nitrogens with one attached hydrogen (secondary N) is 1. The molecule has 4 rings (SSSR count). The number of hydrogen-bond acceptors (Lipinski definition) is 7. The summed E-state index contributed by atoms with van der Waals surface area (Å²) in [7, 11) is 1.20. The lowest BCUT2D eigenvalue weighted by Gasteiger charge is -2.32. The van der Waals surface area contributed by atoms with Crippen LogP contribution in [0.5, 0.6) is 5.88 Å². The number of halogens is 7. The van der Waals surface area contributed by atoms with E-state index in [1.54, 1.807) is 6.07 Å². The SMILES string of the molecule is COc1ncc(Cl)cc1-c1nn(CC(O)(C(F)(F)F)C(F)(F)F)cc1NC(=O)c1cnn2cccnc12. The summed E-state index contributed by atoms with van der Waals surface area (Å²) in [5, 5.41) is 19.7. The van der Waals surface area contributed by atoms with Crippen molar-refractivity contribution in [2.45, 2.75) is 24.5 Å². The van der Waals surface area contributed by atoms with Crippen molar-refractivity contribution >= 4 is 28.8 Å². The number of aliphatic hydroxyl groups is 1. The van der Waals surface area contributed by atoms with Crippen LogP contribution in [0.4, 0.5) is 32.0 Å². The maximum atomic E-state index is 13.3. The molecule has 4 aromatic heterocycles. The van der Waals surface area contributed by atoms with Gasteiger partial charge in [0.2, 0.25) is 5.88 Å². The van der Waals surface area contributed by atoms with E-state index >= 15 is 0 Å². The van der Waals surface area contributed by atoms with E-state index < -0.39 is 30.4 Å². The number of hydrogen-bond donors (Lipinski definition) is 2. The van der Waals surface area contributed by atoms with Crippen LogP contribution in [0, 0.1) is 0 Å². The van der Waals surface area contributed by atoms with Crippen molar-refractivity contribution in [2.75, 3.05) is 12.4 Å². The fourth-order valence-corrected chi connectivity index (χ4v) is 3.46. The average Bonchev–Trinajstić information content (AvgIpc) is 3.41. The maximum absolute atomic E-state index is 13.3. The molecule has 196 valence electrons. The van der Waals surface area contributed by atoms with Crippen LogP contribution in [-0.4, -0.2) is 65.4 Å². The number of fused-ring (bicyclic) bond motifs is 1. The van der Waals surface area contributed by atoms with Gasteiger partial charge in [-0.2, -0.15) is 36.5 Å². The molecule has 0 spiro atoms. The fourth-order valence-electron chi connectivity index (χ4n) is 3.30. The molecule has 10 nitrogen and oxygen atoms in total. The molecule has 0 aromatic carbocycles. The largest absolute Gasteiger partial charge is 0.481 e. The van der Waals surface area contributed by atoms with E-state index in [-0.39, 0.29) is 43.7 Å². The summed E-state index contributed by atoms with van der Waals surface area (Å²) >= 11 is 5.96. The van der Waals surface area contributed by atoms with E-state index in [4.69, 9.17) is 16.3 Å². The van der Waals surface area contributed by atoms with Crippen molar-refractivity contribution < 1.29 is 41.0 Å². The first-order valence-corrected chi connectivity index (χ1v) is 10.4. The highest BCUT2D eigenvalue weighted by Crippen LogP contribution is 2.44. The Bertz CT molecular complexity index is 1450. The second-order valence-corrected chi connectivity index (χ2v) is 7.99. The zero-order valence-corrected chi connectivity index (χ0v) is 19.1. The number of anilines is 1. The Hall–Kier alpha value is -3.92. The Kier molecular flexibility index (Phi) is 6.49. The first kappa shape index (κ1) is 26.2. The molecule has 0 aliphatic carbocycles. The molecular weight excluding hydrogens is 536 g/mol. The van der Waals surface area contributed by atoms with Crippen LogP contribution < -0.4 is 10.1 Å². The summed E-state index contributed by atoms with van der Waals surface area (Å²) in [5.41, 5.74) is -5.82. The Morgan fingerprint density at radius 3 is 2.51 bits per heavy atom. The molecule has 0 saturated heterocycles. The lowest BCUT2D eigenvalue weighted by molar-refractivity contribution is -0.372. The molecule has 37 heavy (non-hydrogen) atoms. The molecule has 0 bridgehead atoms. The number of carbonyl (C=O) groups is 1. The van der Waals surface area contributed by atoms with Gasteiger partial charge >= 0.3 is 12.4 Å². The molecule has 4 aromatic rings. The molecule has 0 unspecified atom stereocenters. The summed E-state index contributed by atoms with van der Waals surface area (Å²) in [4.78, 5) is 20.9. The number of rotatable bonds is 6. The molecule has 0 saturated carbocycles. The van der Waals surface area contributed by atoms with Gasteiger partial charge in [0.15, 0.2) is 5.65 Å². The molecule has 0 aliphatic rings. The standard InChI is InChI=1S/C20H14ClF6N7O3/c1-37-17-11(5-10(21)6-29-17)14-13(31-16(35)12-7-30-34-4-2-3-28-15(12)34)8-33(32-14)9-18(36,19(22,23)24)20(25,26)27/h2-8,36H,9H2,1H3,(H,31,35). The Morgan fingerprint density at radius 2 is 1.86 bits per heavy atom. The zero-order valence-electron chi connectivity index (χ0n) is 18.3. The lowest BCUT2D eigenvalue weighted by Crippen LogP contribution is -2.59. The monoisotopic (exact) mass is 549 g/mol. The molecule has 4 heterocycles. The van der Waals surface area contributed by atoms with E-state index in [0.29, 0.717) is 6.20 Å². The molecular formula is C20H14ClF6N7O3. The maximum Gasteiger partial charge on any atom is 0.428 e. The molecule has 0 radical (unpaired) electrons. The summed E-state index contributed by atoms with van der Waals surface area (Å²) in [6.07, 6.45) is -6.28. The highest BCUT2D eigenvalue weighted by atomic mass is 35.5. The van der Waals surface area contributed by atoms with E-state index in [0.717, 1.165) is 6.20 Å². The lowest BCUT2D eigenvalue weighted by atomic mass is 10.0. The summed E-state index contributed by atoms with van der Waals surface area (Å²) in [5.74, 6) is -1.00. The van der Waals surface area contributed by atoms with Crippen molar-refractivity contribution in [3.8, 4) is 17.1 Å². The zero-order chi connectivity index (χ0) is 27.2. The summed E-state index contributed by atoms with van der Waals surface area (Å²) < 4.78 is 86.3. The van der Waals surface area contributed by atoms with Crippen LogP contribution in [0.25, 0.3) is 16.9 Å². The number of pyridine rings is 1. The Morgan fingerprint density at radius 1 is 1.16 bits per heavy atom. The quantitative estimate of drug-likeness (QED) is 0.352. The van der Waals surface area contributed by atoms with Crippen LogP contribution >= 0.6 is 11.6 Å². The van der Waals surface area contributed by atoms with E-state index in [1.807, 2.05) is 0 Å². The van der Waals surface area contributed by atoms with Crippen LogP contribution in [0.2, 0.25) is 5.02 Å². The predicted molar refractivity (Wildman–Crippen MR) is 115 cm³/mol. The van der Waals surface area contributed by atoms with Gasteiger partial charge in [-0.05, 0) is 12.1 Å². The minimum Gasteiger partial charge on any atom is -0.481 e. The van der Waals surface area contributed by atoms with Gasteiger partial charge in [0, 0.05) is 24.8 Å². The van der Waals surface area contributed by atoms with Crippen LogP contribution in [0.3, 0.4) is 0 Å². The fraction of sp³-hybridized carbons (Fsp3) is 0.250. The number of ether oxygens (including phenoxy) is 1. The highest BCUT2D eigenvalue weighted by molar-refractivity contribution is 6.30. The van der Waals surface area contributed by atoms with Crippen molar-refractivity contribution in [2.24, 2.45) is 0 Å². The van der Waals surface area contributed by atoms with E-state index in [2.05, 4.69) is 25.5 Å². The van der Waals surface area contributed by atoms with Gasteiger partial charge in [0.05, 0.1) is 36.1 Å². The summed E-state index contributed by atoms with van der Waals surface area (Å²) in [6.45, 7) is -2.07. The van der Waals surface area contributed by atoms with E-state index in [9.17, 15) is 36.2 Å². The predicted octanol–water partition coefficient (Wildman–Crippen LogP) is 3.76. The second kappa shape index (κ2) is 9.19. The first-order valence-electron chi connectivity index (χ1n) is 9.98. The first-order chi connectivity index (χ1) is 17.2. The third-order valence-electron chi connectivity index (χ3n) is 5.13. The van der Waals surface area contributed by atoms with Gasteiger partial charge < -0.3 is 15.2 Å². The Labute approximate surface area is 207 Å². The molecule has 17 heteroatoms. The number of amides is 1. The van der Waals surface area contributed by atoms with Crippen molar-refractivity contribution in [3.05, 3.63) is 53.7 Å². The molecule has 0 fully saturated rings. The molecule has 1 amide bonds. The topological polar surface area (TPSA) is 119 Å². The number of alkyl halides is 6. The summed E-state index contributed by atoms with van der Waals surface area (Å²) in [6, 6.07) is 2.77. The van der Waals surface area contributed by atoms with Gasteiger partial charge in [0.25, 0.3) is 11.5 Å². The molecule has 2 N–H and O–H groups in total. The third kappa shape index (κ3) is 4.76. The molecule has 0 aliphatic heterocycles. The van der Waals surface area contributed by atoms with Crippen molar-refractivity contribution in [1.82, 2.24) is 29.4 Å². The van der Waals surface area contributed by atoms with Gasteiger partial charge in [-0.15, -0.1) is 0 Å². The van der Waals surface area contributed by atoms with Gasteiger partial charge in [0.1, 0.15) is 11.3 Å². The third-order valence-corrected chi connectivity index (χ3v) is 5.34. The van der Waals surface area contributed by atoms with Crippen LogP contribution in [-0.2, 0) is 6.54 Å². The van der Waals surface area contributed by atoms with Gasteiger partial charge in [-0.1, -0.05) is 11.6 Å². The number of carbonyl (C=O) groups excluding carboxylic acids is 1. The molecule has 0 atom stereocenters. The number of methoxy groups -OCH3 is 1. The number of nitrogens with zero attached hydrogens (tertiary/aromatic N) is 6. The van der Waals surface area contributed by atoms with Crippen LogP contribution in [0.15, 0.2) is 43.1 Å². The van der Waals surface area contributed by atoms with Gasteiger partial charge in [-0.3, -0.25) is 9.48 Å². The van der Waals surface area contributed by atoms with Crippen molar-refractivity contribution in [3.63, 3.8) is 0 Å². The second-order valence-electron chi connectivity index (χ2n) is 7.56. The van der Waals surface area contributed by atoms with Crippen LogP contribution in [0.1, 0.15) is 10.4 Å². The van der Waals surface area contributed by atoms with E-state index in [1.165, 1.54) is 36.3 Å². The average molecular weight is 550 g/mol.